The number of hydrogen-bond donors (Lipinski definition) is 1. The molecule has 0 aromatic carbocycles. The Labute approximate surface area is 120 Å². The summed E-state index contributed by atoms with van der Waals surface area (Å²) >= 11 is 0. The predicted octanol–water partition coefficient (Wildman–Crippen LogP) is 1.44. The van der Waals surface area contributed by atoms with E-state index in [9.17, 15) is 14.7 Å². The molecule has 0 bridgehead atoms. The van der Waals surface area contributed by atoms with E-state index < -0.39 is 24.1 Å². The highest BCUT2D eigenvalue weighted by molar-refractivity contribution is 5.85. The fourth-order valence-electron chi connectivity index (χ4n) is 1.80. The Balaban J connectivity index is 4.42. The zero-order chi connectivity index (χ0) is 15.5. The van der Waals surface area contributed by atoms with Crippen molar-refractivity contribution in [2.45, 2.75) is 64.3 Å². The van der Waals surface area contributed by atoms with Gasteiger partial charge in [0.25, 0.3) is 0 Å². The number of methoxy groups -OCH3 is 2. The third-order valence-corrected chi connectivity index (χ3v) is 3.01. The van der Waals surface area contributed by atoms with E-state index in [0.717, 1.165) is 39.2 Å². The number of rotatable bonds is 10. The molecule has 1 N–H and O–H groups in total. The summed E-state index contributed by atoms with van der Waals surface area (Å²) in [6.07, 6.45) is 1.82. The Morgan fingerprint density at radius 3 is 2.15 bits per heavy atom. The topological polar surface area (TPSA) is 82.1 Å². The van der Waals surface area contributed by atoms with E-state index in [1.165, 1.54) is 7.11 Å². The van der Waals surface area contributed by atoms with Gasteiger partial charge in [0.1, 0.15) is 0 Å². The molecular formula is C14H26O6. The van der Waals surface area contributed by atoms with E-state index in [-0.39, 0.29) is 6.10 Å². The van der Waals surface area contributed by atoms with Crippen LogP contribution in [0.4, 0.5) is 0 Å². The minimum absolute atomic E-state index is 0.254. The predicted molar refractivity (Wildman–Crippen MR) is 73.1 cm³/mol. The number of aliphatic hydroxyl groups is 1. The van der Waals surface area contributed by atoms with Gasteiger partial charge in [0, 0.05) is 0 Å². The van der Waals surface area contributed by atoms with E-state index >= 15 is 0 Å². The van der Waals surface area contributed by atoms with Crippen LogP contribution in [0.15, 0.2) is 0 Å². The summed E-state index contributed by atoms with van der Waals surface area (Å²) in [5, 5.41) is 9.74. The summed E-state index contributed by atoms with van der Waals surface area (Å²) in [6.45, 7) is 3.92. The molecule has 0 saturated carbocycles. The number of unbranched alkanes of at least 4 members (excludes halogenated alkanes) is 3. The first-order valence-electron chi connectivity index (χ1n) is 6.97. The molecule has 0 rings (SSSR count). The Morgan fingerprint density at radius 1 is 1.05 bits per heavy atom. The minimum Gasteiger partial charge on any atom is -0.467 e. The molecule has 0 spiro atoms. The standard InChI is InChI=1S/C14H26O6/c1-5-6-7-8-9-10(2)20-12(14(17)19-4)11(15)13(16)18-3/h10-12,15H,5-9H2,1-4H3/t10-,11-,12-/m1/s1. The van der Waals surface area contributed by atoms with Gasteiger partial charge in [0.2, 0.25) is 0 Å². The number of aliphatic hydroxyl groups excluding tert-OH is 1. The Hall–Kier alpha value is -1.14. The van der Waals surface area contributed by atoms with Gasteiger partial charge in [-0.15, -0.1) is 0 Å². The number of ether oxygens (including phenoxy) is 3. The smallest absolute Gasteiger partial charge is 0.338 e. The lowest BCUT2D eigenvalue weighted by molar-refractivity contribution is -0.179. The first-order valence-corrected chi connectivity index (χ1v) is 6.97. The van der Waals surface area contributed by atoms with Crippen LogP contribution >= 0.6 is 0 Å². The van der Waals surface area contributed by atoms with Gasteiger partial charge >= 0.3 is 11.9 Å². The molecule has 0 radical (unpaired) electrons. The van der Waals surface area contributed by atoms with Crippen LogP contribution in [-0.2, 0) is 23.8 Å². The van der Waals surface area contributed by atoms with Crippen LogP contribution in [0.5, 0.6) is 0 Å². The highest BCUT2D eigenvalue weighted by Gasteiger charge is 2.36. The molecule has 0 fully saturated rings. The molecule has 0 aromatic heterocycles. The molecule has 6 nitrogen and oxygen atoms in total. The van der Waals surface area contributed by atoms with Crippen molar-refractivity contribution in [3.63, 3.8) is 0 Å². The van der Waals surface area contributed by atoms with Crippen LogP contribution < -0.4 is 0 Å². The molecule has 6 heteroatoms. The van der Waals surface area contributed by atoms with Crippen molar-refractivity contribution in [2.75, 3.05) is 14.2 Å². The number of hydrogen-bond acceptors (Lipinski definition) is 6. The van der Waals surface area contributed by atoms with Gasteiger partial charge in [-0.05, 0) is 13.3 Å². The van der Waals surface area contributed by atoms with Crippen molar-refractivity contribution < 1.29 is 28.9 Å². The molecule has 0 aliphatic heterocycles. The van der Waals surface area contributed by atoms with E-state index in [1.54, 1.807) is 6.92 Å². The first kappa shape index (κ1) is 18.9. The number of carbonyl (C=O) groups is 2. The molecule has 0 heterocycles. The monoisotopic (exact) mass is 290 g/mol. The van der Waals surface area contributed by atoms with Gasteiger partial charge < -0.3 is 19.3 Å². The summed E-state index contributed by atoms with van der Waals surface area (Å²) in [7, 11) is 2.31. The molecule has 0 unspecified atom stereocenters. The van der Waals surface area contributed by atoms with Crippen LogP contribution in [0.25, 0.3) is 0 Å². The van der Waals surface area contributed by atoms with Gasteiger partial charge in [-0.25, -0.2) is 9.59 Å². The lowest BCUT2D eigenvalue weighted by Crippen LogP contribution is -2.44. The van der Waals surface area contributed by atoms with Crippen molar-refractivity contribution in [3.05, 3.63) is 0 Å². The average molecular weight is 290 g/mol. The minimum atomic E-state index is -1.68. The molecule has 20 heavy (non-hydrogen) atoms. The summed E-state index contributed by atoms with van der Waals surface area (Å²) in [4.78, 5) is 22.9. The van der Waals surface area contributed by atoms with Crippen LogP contribution in [0.3, 0.4) is 0 Å². The lowest BCUT2D eigenvalue weighted by Gasteiger charge is -2.23. The highest BCUT2D eigenvalue weighted by atomic mass is 16.6. The fourth-order valence-corrected chi connectivity index (χ4v) is 1.80. The molecule has 0 aliphatic carbocycles. The summed E-state index contributed by atoms with van der Waals surface area (Å²) in [5.41, 5.74) is 0. The van der Waals surface area contributed by atoms with Gasteiger partial charge in [-0.2, -0.15) is 0 Å². The van der Waals surface area contributed by atoms with Gasteiger partial charge in [-0.3, -0.25) is 0 Å². The zero-order valence-corrected chi connectivity index (χ0v) is 12.8. The van der Waals surface area contributed by atoms with Crippen molar-refractivity contribution in [3.8, 4) is 0 Å². The van der Waals surface area contributed by atoms with Gasteiger partial charge in [0.05, 0.1) is 20.3 Å². The maximum absolute atomic E-state index is 11.6. The van der Waals surface area contributed by atoms with Crippen molar-refractivity contribution >= 4 is 11.9 Å². The normalized spacial score (nSPS) is 15.2. The molecule has 0 aromatic rings. The zero-order valence-electron chi connectivity index (χ0n) is 12.8. The summed E-state index contributed by atoms with van der Waals surface area (Å²) in [6, 6.07) is 0. The van der Waals surface area contributed by atoms with E-state index in [2.05, 4.69) is 16.4 Å². The average Bonchev–Trinajstić information content (AvgIpc) is 2.46. The summed E-state index contributed by atoms with van der Waals surface area (Å²) < 4.78 is 14.4. The van der Waals surface area contributed by atoms with Crippen LogP contribution in [-0.4, -0.2) is 49.6 Å². The maximum atomic E-state index is 11.6. The van der Waals surface area contributed by atoms with E-state index in [4.69, 9.17) is 4.74 Å². The first-order chi connectivity index (χ1) is 9.47. The van der Waals surface area contributed by atoms with Crippen LogP contribution in [0, 0.1) is 0 Å². The summed E-state index contributed by atoms with van der Waals surface area (Å²) in [5.74, 6) is -1.71. The second-order valence-electron chi connectivity index (χ2n) is 4.71. The molecule has 118 valence electrons. The van der Waals surface area contributed by atoms with Crippen LogP contribution in [0.2, 0.25) is 0 Å². The van der Waals surface area contributed by atoms with Crippen molar-refractivity contribution in [1.82, 2.24) is 0 Å². The SMILES string of the molecule is CCCCCC[C@@H](C)O[C@@H](C(=O)OC)[C@@H](O)C(=O)OC. The largest absolute Gasteiger partial charge is 0.467 e. The van der Waals surface area contributed by atoms with Crippen molar-refractivity contribution in [1.29, 1.82) is 0 Å². The Kier molecular flexibility index (Phi) is 10.0. The maximum Gasteiger partial charge on any atom is 0.338 e. The quantitative estimate of drug-likeness (QED) is 0.484. The molecule has 0 saturated heterocycles. The van der Waals surface area contributed by atoms with Crippen LogP contribution in [0.1, 0.15) is 46.0 Å². The van der Waals surface area contributed by atoms with Crippen molar-refractivity contribution in [2.24, 2.45) is 0 Å². The Morgan fingerprint density at radius 2 is 1.65 bits per heavy atom. The lowest BCUT2D eigenvalue weighted by atomic mass is 10.1. The second kappa shape index (κ2) is 10.6. The van der Waals surface area contributed by atoms with Gasteiger partial charge in [0.15, 0.2) is 12.2 Å². The van der Waals surface area contributed by atoms with Gasteiger partial charge in [-0.1, -0.05) is 32.6 Å². The molecule has 3 atom stereocenters. The highest BCUT2D eigenvalue weighted by Crippen LogP contribution is 2.13. The Bertz CT molecular complexity index is 291. The van der Waals surface area contributed by atoms with E-state index in [0.29, 0.717) is 0 Å². The van der Waals surface area contributed by atoms with E-state index in [1.807, 2.05) is 0 Å². The number of esters is 2. The number of carbonyl (C=O) groups excluding carboxylic acids is 2. The molecular weight excluding hydrogens is 264 g/mol. The second-order valence-corrected chi connectivity index (χ2v) is 4.71. The molecule has 0 amide bonds. The third-order valence-electron chi connectivity index (χ3n) is 3.01. The molecule has 0 aliphatic rings. The fraction of sp³-hybridized carbons (Fsp3) is 0.857. The third kappa shape index (κ3) is 6.86.